The molecule has 10 nitrogen and oxygen atoms in total. The van der Waals surface area contributed by atoms with Crippen LogP contribution in [0.1, 0.15) is 0 Å². The fourth-order valence-electron chi connectivity index (χ4n) is 2.04. The summed E-state index contributed by atoms with van der Waals surface area (Å²) in [6.45, 7) is -1.96. The summed E-state index contributed by atoms with van der Waals surface area (Å²) >= 11 is 0. The highest BCUT2D eigenvalue weighted by molar-refractivity contribution is 5.78. The number of ether oxygens (including phenoxy) is 1. The van der Waals surface area contributed by atoms with Gasteiger partial charge in [-0.15, -0.1) is 0 Å². The van der Waals surface area contributed by atoms with Crippen LogP contribution in [0.2, 0.25) is 0 Å². The average Bonchev–Trinajstić information content (AvgIpc) is 2.59. The molecule has 3 N–H and O–H groups in total. The third-order valence-electron chi connectivity index (χ3n) is 3.04. The first-order valence-corrected chi connectivity index (χ1v) is 7.33. The van der Waals surface area contributed by atoms with Gasteiger partial charge in [-0.2, -0.15) is 4.98 Å². The highest BCUT2D eigenvalue weighted by Gasteiger charge is 2.19. The predicted molar refractivity (Wildman–Crippen MR) is 88.1 cm³/mol. The van der Waals surface area contributed by atoms with Crippen LogP contribution in [-0.4, -0.2) is 62.9 Å². The van der Waals surface area contributed by atoms with Crippen LogP contribution in [0, 0.1) is 0 Å². The summed E-state index contributed by atoms with van der Waals surface area (Å²) in [7, 11) is 0. The third kappa shape index (κ3) is 5.44. The number of hydrogen-bond donors (Lipinski definition) is 3. The quantitative estimate of drug-likeness (QED) is 0.578. The number of nitrogens with zero attached hydrogens (tertiary/aromatic N) is 3. The van der Waals surface area contributed by atoms with E-state index in [1.165, 1.54) is 6.07 Å². The average molecular weight is 361 g/mol. The van der Waals surface area contributed by atoms with Crippen LogP contribution >= 0.6 is 0 Å². The molecule has 1 aromatic heterocycles. The molecule has 0 amide bonds. The van der Waals surface area contributed by atoms with Gasteiger partial charge in [0.2, 0.25) is 11.8 Å². The van der Waals surface area contributed by atoms with Gasteiger partial charge in [0.1, 0.15) is 13.1 Å². The number of rotatable bonds is 9. The molecule has 0 unspecified atom stereocenters. The molecular formula is C16H15N3O7. The lowest BCUT2D eigenvalue weighted by Crippen LogP contribution is -2.35. The molecule has 2 rings (SSSR count). The molecule has 0 saturated heterocycles. The monoisotopic (exact) mass is 361 g/mol. The SMILES string of the molecule is O=C(O)COc1cc(-c2ccccc2)nc(N(CC(=O)O)CC(=O)O)n1. The maximum Gasteiger partial charge on any atom is 0.341 e. The summed E-state index contributed by atoms with van der Waals surface area (Å²) in [4.78, 5) is 41.8. The Morgan fingerprint density at radius 2 is 1.54 bits per heavy atom. The summed E-state index contributed by atoms with van der Waals surface area (Å²) in [5, 5.41) is 26.7. The second-order valence-electron chi connectivity index (χ2n) is 5.08. The summed E-state index contributed by atoms with van der Waals surface area (Å²) in [5.41, 5.74) is 0.971. The van der Waals surface area contributed by atoms with Crippen LogP contribution in [0.15, 0.2) is 36.4 Å². The van der Waals surface area contributed by atoms with Crippen molar-refractivity contribution in [2.45, 2.75) is 0 Å². The Morgan fingerprint density at radius 1 is 0.923 bits per heavy atom. The van der Waals surface area contributed by atoms with Crippen molar-refractivity contribution in [2.24, 2.45) is 0 Å². The zero-order valence-corrected chi connectivity index (χ0v) is 13.4. The van der Waals surface area contributed by atoms with E-state index < -0.39 is 37.6 Å². The number of carboxylic acids is 3. The summed E-state index contributed by atoms with van der Waals surface area (Å²) in [6.07, 6.45) is 0. The van der Waals surface area contributed by atoms with Crippen LogP contribution in [0.4, 0.5) is 5.95 Å². The van der Waals surface area contributed by atoms with E-state index in [0.29, 0.717) is 11.3 Å². The first-order valence-electron chi connectivity index (χ1n) is 7.33. The van der Waals surface area contributed by atoms with E-state index in [0.717, 1.165) is 4.90 Å². The van der Waals surface area contributed by atoms with E-state index in [2.05, 4.69) is 9.97 Å². The van der Waals surface area contributed by atoms with Crippen molar-refractivity contribution in [3.05, 3.63) is 36.4 Å². The summed E-state index contributed by atoms with van der Waals surface area (Å²) in [5.74, 6) is -4.08. The predicted octanol–water partition coefficient (Wildman–Crippen LogP) is 0.583. The molecule has 0 atom stereocenters. The lowest BCUT2D eigenvalue weighted by atomic mass is 10.1. The van der Waals surface area contributed by atoms with Crippen LogP contribution in [0.5, 0.6) is 5.88 Å². The lowest BCUT2D eigenvalue weighted by molar-refractivity contribution is -0.139. The molecule has 0 aliphatic rings. The van der Waals surface area contributed by atoms with Gasteiger partial charge in [0.25, 0.3) is 0 Å². The fraction of sp³-hybridized carbons (Fsp3) is 0.188. The van der Waals surface area contributed by atoms with Gasteiger partial charge in [-0.3, -0.25) is 9.59 Å². The van der Waals surface area contributed by atoms with Gasteiger partial charge in [-0.05, 0) is 0 Å². The van der Waals surface area contributed by atoms with Crippen molar-refractivity contribution in [1.29, 1.82) is 0 Å². The Labute approximate surface area is 147 Å². The maximum absolute atomic E-state index is 11.0. The van der Waals surface area contributed by atoms with Crippen LogP contribution in [0.3, 0.4) is 0 Å². The number of anilines is 1. The number of hydrogen-bond acceptors (Lipinski definition) is 7. The minimum atomic E-state index is -1.27. The van der Waals surface area contributed by atoms with Crippen molar-refractivity contribution in [1.82, 2.24) is 9.97 Å². The minimum absolute atomic E-state index is 0.114. The zero-order valence-electron chi connectivity index (χ0n) is 13.4. The van der Waals surface area contributed by atoms with Crippen molar-refractivity contribution >= 4 is 23.9 Å². The molecule has 0 bridgehead atoms. The highest BCUT2D eigenvalue weighted by Crippen LogP contribution is 2.24. The highest BCUT2D eigenvalue weighted by atomic mass is 16.5. The zero-order chi connectivity index (χ0) is 19.1. The molecule has 0 aliphatic carbocycles. The molecule has 2 aromatic rings. The topological polar surface area (TPSA) is 150 Å². The first-order chi connectivity index (χ1) is 12.3. The molecule has 10 heteroatoms. The van der Waals surface area contributed by atoms with Crippen molar-refractivity contribution in [3.63, 3.8) is 0 Å². The Bertz CT molecular complexity index is 795. The summed E-state index contributed by atoms with van der Waals surface area (Å²) < 4.78 is 5.06. The van der Waals surface area contributed by atoms with Gasteiger partial charge < -0.3 is 25.0 Å². The van der Waals surface area contributed by atoms with Crippen molar-refractivity contribution < 1.29 is 34.4 Å². The van der Waals surface area contributed by atoms with Gasteiger partial charge in [0.15, 0.2) is 6.61 Å². The molecule has 1 heterocycles. The van der Waals surface area contributed by atoms with Gasteiger partial charge in [-0.1, -0.05) is 30.3 Å². The second-order valence-corrected chi connectivity index (χ2v) is 5.08. The van der Waals surface area contributed by atoms with Gasteiger partial charge in [0.05, 0.1) is 5.69 Å². The van der Waals surface area contributed by atoms with Crippen LogP contribution in [0.25, 0.3) is 11.3 Å². The largest absolute Gasteiger partial charge is 0.480 e. The molecule has 26 heavy (non-hydrogen) atoms. The lowest BCUT2D eigenvalue weighted by Gasteiger charge is -2.19. The second kappa shape index (κ2) is 8.42. The Morgan fingerprint density at radius 3 is 2.08 bits per heavy atom. The Kier molecular flexibility index (Phi) is 6.04. The smallest absolute Gasteiger partial charge is 0.341 e. The molecule has 0 radical (unpaired) electrons. The number of aliphatic carboxylic acids is 3. The standard InChI is InChI=1S/C16H15N3O7/c20-13(21)7-19(8-14(22)23)16-17-11(10-4-2-1-3-5-10)6-12(18-16)26-9-15(24)25/h1-6H,7-9H2,(H,20,21)(H,22,23)(H,24,25). The number of carboxylic acid groups (broad SMARTS) is 3. The van der Waals surface area contributed by atoms with Crippen LogP contribution < -0.4 is 9.64 Å². The minimum Gasteiger partial charge on any atom is -0.480 e. The van der Waals surface area contributed by atoms with Gasteiger partial charge in [0, 0.05) is 11.6 Å². The number of benzene rings is 1. The molecule has 1 aromatic carbocycles. The number of aromatic nitrogens is 2. The maximum atomic E-state index is 11.0. The molecular weight excluding hydrogens is 346 g/mol. The van der Waals surface area contributed by atoms with Gasteiger partial charge in [-0.25, -0.2) is 9.78 Å². The first kappa shape index (κ1) is 18.6. The molecule has 0 aliphatic heterocycles. The van der Waals surface area contributed by atoms with E-state index in [1.54, 1.807) is 30.3 Å². The van der Waals surface area contributed by atoms with E-state index >= 15 is 0 Å². The Hall–Kier alpha value is -3.69. The molecule has 136 valence electrons. The Balaban J connectivity index is 2.47. The number of carbonyl (C=O) groups is 3. The van der Waals surface area contributed by atoms with Crippen molar-refractivity contribution in [2.75, 3.05) is 24.6 Å². The molecule has 0 fully saturated rings. The third-order valence-corrected chi connectivity index (χ3v) is 3.04. The van der Waals surface area contributed by atoms with Crippen LogP contribution in [-0.2, 0) is 14.4 Å². The van der Waals surface area contributed by atoms with E-state index in [4.69, 9.17) is 20.1 Å². The van der Waals surface area contributed by atoms with E-state index in [-0.39, 0.29) is 11.8 Å². The molecule has 0 saturated carbocycles. The summed E-state index contributed by atoms with van der Waals surface area (Å²) in [6, 6.07) is 10.1. The molecule has 0 spiro atoms. The normalized spacial score (nSPS) is 10.2. The fourth-order valence-corrected chi connectivity index (χ4v) is 2.04. The van der Waals surface area contributed by atoms with E-state index in [1.807, 2.05) is 0 Å². The van der Waals surface area contributed by atoms with Gasteiger partial charge >= 0.3 is 17.9 Å². The van der Waals surface area contributed by atoms with E-state index in [9.17, 15) is 14.4 Å². The van der Waals surface area contributed by atoms with Crippen molar-refractivity contribution in [3.8, 4) is 17.1 Å².